The smallest absolute Gasteiger partial charge is 0.341 e. The topological polar surface area (TPSA) is 78.9 Å². The minimum Gasteiger partial charge on any atom is -0.479 e. The van der Waals surface area contributed by atoms with E-state index in [-0.39, 0.29) is 0 Å². The molecule has 0 unspecified atom stereocenters. The number of rotatable bonds is 5. The van der Waals surface area contributed by atoms with Gasteiger partial charge in [-0.25, -0.2) is 15.1 Å². The van der Waals surface area contributed by atoms with Crippen molar-refractivity contribution in [1.82, 2.24) is 10.4 Å². The summed E-state index contributed by atoms with van der Waals surface area (Å²) in [6, 6.07) is -0.442. The molecule has 13 heavy (non-hydrogen) atoms. The van der Waals surface area contributed by atoms with Crippen LogP contribution in [0, 0.1) is 0 Å². The van der Waals surface area contributed by atoms with E-state index >= 15 is 0 Å². The molecule has 0 saturated heterocycles. The van der Waals surface area contributed by atoms with Crippen LogP contribution >= 0.6 is 0 Å². The quantitative estimate of drug-likeness (QED) is 0.600. The van der Waals surface area contributed by atoms with Crippen LogP contribution in [-0.2, 0) is 9.63 Å². The third kappa shape index (κ3) is 5.92. The Bertz CT molecular complexity index is 183. The molecular formula is C7H14N2O4. The van der Waals surface area contributed by atoms with Crippen LogP contribution in [0.5, 0.6) is 0 Å². The third-order valence-corrected chi connectivity index (χ3v) is 1.26. The summed E-state index contributed by atoms with van der Waals surface area (Å²) in [7, 11) is 1.60. The van der Waals surface area contributed by atoms with Gasteiger partial charge in [0.2, 0.25) is 0 Å². The zero-order valence-electron chi connectivity index (χ0n) is 7.74. The van der Waals surface area contributed by atoms with Gasteiger partial charge in [-0.05, 0) is 6.42 Å². The van der Waals surface area contributed by atoms with E-state index in [0.717, 1.165) is 6.42 Å². The summed E-state index contributed by atoms with van der Waals surface area (Å²) in [5.74, 6) is -1.13. The molecule has 0 aliphatic heterocycles. The Morgan fingerprint density at radius 1 is 1.54 bits per heavy atom. The number of nitrogens with zero attached hydrogens (tertiary/aromatic N) is 1. The van der Waals surface area contributed by atoms with Gasteiger partial charge in [0, 0.05) is 13.6 Å². The molecular weight excluding hydrogens is 176 g/mol. The molecule has 0 saturated carbocycles. The average Bonchev–Trinajstić information content (AvgIpc) is 2.04. The Morgan fingerprint density at radius 2 is 2.15 bits per heavy atom. The highest BCUT2D eigenvalue weighted by molar-refractivity contribution is 5.73. The second kappa shape index (κ2) is 6.24. The number of amides is 2. The molecule has 6 nitrogen and oxygen atoms in total. The first-order chi connectivity index (χ1) is 6.07. The summed E-state index contributed by atoms with van der Waals surface area (Å²) >= 11 is 0. The highest BCUT2D eigenvalue weighted by atomic mass is 16.7. The fraction of sp³-hybridized carbons (Fsp3) is 0.714. The van der Waals surface area contributed by atoms with Gasteiger partial charge in [0.1, 0.15) is 0 Å². The number of hydroxylamine groups is 1. The van der Waals surface area contributed by atoms with Crippen LogP contribution in [0.1, 0.15) is 13.3 Å². The molecule has 0 aromatic heterocycles. The van der Waals surface area contributed by atoms with E-state index in [2.05, 4.69) is 4.84 Å². The number of nitrogens with one attached hydrogen (secondary N) is 1. The monoisotopic (exact) mass is 190 g/mol. The lowest BCUT2D eigenvalue weighted by atomic mass is 10.4. The number of hydrogen-bond donors (Lipinski definition) is 2. The minimum atomic E-state index is -1.13. The van der Waals surface area contributed by atoms with Crippen molar-refractivity contribution in [2.45, 2.75) is 13.3 Å². The molecule has 0 aromatic carbocycles. The van der Waals surface area contributed by atoms with E-state index in [1.165, 1.54) is 4.90 Å². The number of carbonyl (C=O) groups is 2. The molecule has 0 aromatic rings. The molecule has 0 spiro atoms. The fourth-order valence-electron chi connectivity index (χ4n) is 0.674. The summed E-state index contributed by atoms with van der Waals surface area (Å²) in [4.78, 5) is 26.8. The van der Waals surface area contributed by atoms with Crippen molar-refractivity contribution in [3.8, 4) is 0 Å². The molecule has 0 heterocycles. The molecule has 0 rings (SSSR count). The van der Waals surface area contributed by atoms with Gasteiger partial charge in [-0.3, -0.25) is 4.84 Å². The molecule has 0 radical (unpaired) electrons. The van der Waals surface area contributed by atoms with E-state index in [4.69, 9.17) is 5.11 Å². The molecule has 76 valence electrons. The van der Waals surface area contributed by atoms with Crippen molar-refractivity contribution < 1.29 is 19.5 Å². The fourth-order valence-corrected chi connectivity index (χ4v) is 0.674. The van der Waals surface area contributed by atoms with Gasteiger partial charge in [-0.2, -0.15) is 0 Å². The Kier molecular flexibility index (Phi) is 5.62. The summed E-state index contributed by atoms with van der Waals surface area (Å²) in [5.41, 5.74) is 2.00. The van der Waals surface area contributed by atoms with E-state index in [0.29, 0.717) is 6.54 Å². The van der Waals surface area contributed by atoms with Gasteiger partial charge in [0.25, 0.3) is 0 Å². The van der Waals surface area contributed by atoms with E-state index in [9.17, 15) is 9.59 Å². The summed E-state index contributed by atoms with van der Waals surface area (Å²) in [6.07, 6.45) is 0.836. The first kappa shape index (κ1) is 11.7. The Morgan fingerprint density at radius 3 is 2.62 bits per heavy atom. The SMILES string of the molecule is CCCN(C)C(=O)NOCC(=O)O. The molecule has 0 atom stereocenters. The highest BCUT2D eigenvalue weighted by Crippen LogP contribution is 1.86. The number of urea groups is 1. The lowest BCUT2D eigenvalue weighted by Gasteiger charge is -2.15. The van der Waals surface area contributed by atoms with Crippen LogP contribution in [0.3, 0.4) is 0 Å². The molecule has 2 amide bonds. The lowest BCUT2D eigenvalue weighted by molar-refractivity contribution is -0.144. The van der Waals surface area contributed by atoms with Crippen LogP contribution in [-0.4, -0.2) is 42.2 Å². The zero-order valence-corrected chi connectivity index (χ0v) is 7.74. The van der Waals surface area contributed by atoms with Crippen LogP contribution in [0.15, 0.2) is 0 Å². The van der Waals surface area contributed by atoms with E-state index in [1.54, 1.807) is 7.05 Å². The maximum Gasteiger partial charge on any atom is 0.341 e. The van der Waals surface area contributed by atoms with Crippen molar-refractivity contribution in [3.05, 3.63) is 0 Å². The maximum absolute atomic E-state index is 11.0. The molecule has 2 N–H and O–H groups in total. The molecule has 0 bridgehead atoms. The van der Waals surface area contributed by atoms with Crippen LogP contribution in [0.25, 0.3) is 0 Å². The van der Waals surface area contributed by atoms with Gasteiger partial charge in [0.05, 0.1) is 0 Å². The second-order valence-electron chi connectivity index (χ2n) is 2.51. The Hall–Kier alpha value is -1.30. The van der Waals surface area contributed by atoms with Crippen LogP contribution in [0.4, 0.5) is 4.79 Å². The Labute approximate surface area is 76.4 Å². The van der Waals surface area contributed by atoms with Crippen molar-refractivity contribution >= 4 is 12.0 Å². The molecule has 0 fully saturated rings. The molecule has 6 heteroatoms. The third-order valence-electron chi connectivity index (χ3n) is 1.26. The largest absolute Gasteiger partial charge is 0.479 e. The van der Waals surface area contributed by atoms with E-state index < -0.39 is 18.6 Å². The van der Waals surface area contributed by atoms with Crippen molar-refractivity contribution in [2.24, 2.45) is 0 Å². The Balaban J connectivity index is 3.55. The second-order valence-corrected chi connectivity index (χ2v) is 2.51. The van der Waals surface area contributed by atoms with Gasteiger partial charge in [-0.1, -0.05) is 6.92 Å². The average molecular weight is 190 g/mol. The first-order valence-corrected chi connectivity index (χ1v) is 3.92. The van der Waals surface area contributed by atoms with Crippen molar-refractivity contribution in [3.63, 3.8) is 0 Å². The minimum absolute atomic E-state index is 0.442. The first-order valence-electron chi connectivity index (χ1n) is 3.92. The van der Waals surface area contributed by atoms with Gasteiger partial charge >= 0.3 is 12.0 Å². The maximum atomic E-state index is 11.0. The molecule has 0 aliphatic carbocycles. The summed E-state index contributed by atoms with van der Waals surface area (Å²) in [5, 5.41) is 8.18. The summed E-state index contributed by atoms with van der Waals surface area (Å²) in [6.45, 7) is 2.00. The zero-order chi connectivity index (χ0) is 10.3. The van der Waals surface area contributed by atoms with Gasteiger partial charge in [-0.15, -0.1) is 0 Å². The van der Waals surface area contributed by atoms with Crippen molar-refractivity contribution in [1.29, 1.82) is 0 Å². The van der Waals surface area contributed by atoms with Crippen LogP contribution in [0.2, 0.25) is 0 Å². The van der Waals surface area contributed by atoms with Gasteiger partial charge in [0.15, 0.2) is 6.61 Å². The standard InChI is InChI=1S/C7H14N2O4/c1-3-4-9(2)7(12)8-13-5-6(10)11/h3-5H2,1-2H3,(H,8,12)(H,10,11). The van der Waals surface area contributed by atoms with Crippen LogP contribution < -0.4 is 5.48 Å². The van der Waals surface area contributed by atoms with Gasteiger partial charge < -0.3 is 10.0 Å². The number of carboxylic acids is 1. The summed E-state index contributed by atoms with van der Waals surface area (Å²) < 4.78 is 0. The lowest BCUT2D eigenvalue weighted by Crippen LogP contribution is -2.38. The normalized spacial score (nSPS) is 9.38. The number of carboxylic acid groups (broad SMARTS) is 1. The number of aliphatic carboxylic acids is 1. The highest BCUT2D eigenvalue weighted by Gasteiger charge is 2.07. The van der Waals surface area contributed by atoms with Crippen molar-refractivity contribution in [2.75, 3.05) is 20.2 Å². The number of hydrogen-bond acceptors (Lipinski definition) is 3. The predicted molar refractivity (Wildman–Crippen MR) is 45.0 cm³/mol. The predicted octanol–water partition coefficient (Wildman–Crippen LogP) is 0.0540. The van der Waals surface area contributed by atoms with E-state index in [1.807, 2.05) is 12.4 Å². The number of carbonyl (C=O) groups excluding carboxylic acids is 1. The molecule has 0 aliphatic rings.